The van der Waals surface area contributed by atoms with Crippen LogP contribution in [0.2, 0.25) is 10.0 Å². The van der Waals surface area contributed by atoms with Gasteiger partial charge in [0, 0.05) is 21.2 Å². The third-order valence-electron chi connectivity index (χ3n) is 6.30. The van der Waals surface area contributed by atoms with Gasteiger partial charge in [0.15, 0.2) is 4.80 Å². The third kappa shape index (κ3) is 5.77. The number of carbonyl (C=O) groups excluding carboxylic acids is 1. The average Bonchev–Trinajstić information content (AvgIpc) is 3.22. The molecule has 1 aliphatic rings. The Morgan fingerprint density at radius 2 is 1.80 bits per heavy atom. The van der Waals surface area contributed by atoms with Gasteiger partial charge < -0.3 is 9.47 Å². The number of benzene rings is 3. The number of ether oxygens (including phenoxy) is 2. The highest BCUT2D eigenvalue weighted by Crippen LogP contribution is 2.31. The predicted molar refractivity (Wildman–Crippen MR) is 159 cm³/mol. The summed E-state index contributed by atoms with van der Waals surface area (Å²) in [4.78, 5) is 32.3. The van der Waals surface area contributed by atoms with Crippen LogP contribution in [0.5, 0.6) is 5.75 Å². The van der Waals surface area contributed by atoms with E-state index in [1.54, 1.807) is 43.5 Å². The van der Waals surface area contributed by atoms with Crippen LogP contribution in [-0.2, 0) is 16.1 Å². The van der Waals surface area contributed by atoms with Crippen LogP contribution in [0.1, 0.15) is 43.5 Å². The smallest absolute Gasteiger partial charge is 0.338 e. The van der Waals surface area contributed by atoms with Crippen molar-refractivity contribution in [2.45, 2.75) is 39.5 Å². The van der Waals surface area contributed by atoms with E-state index in [9.17, 15) is 9.59 Å². The number of hydrogen-bond acceptors (Lipinski definition) is 6. The molecule has 3 aromatic carbocycles. The maximum absolute atomic E-state index is 13.9. The fourth-order valence-electron chi connectivity index (χ4n) is 4.48. The number of aromatic nitrogens is 1. The summed E-state index contributed by atoms with van der Waals surface area (Å²) in [6.07, 6.45) is 1.48. The van der Waals surface area contributed by atoms with Crippen molar-refractivity contribution in [2.75, 3.05) is 0 Å². The molecule has 6 nitrogen and oxygen atoms in total. The molecule has 40 heavy (non-hydrogen) atoms. The van der Waals surface area contributed by atoms with E-state index in [0.29, 0.717) is 36.4 Å². The summed E-state index contributed by atoms with van der Waals surface area (Å²) in [5.74, 6) is 0.107. The highest BCUT2D eigenvalue weighted by Gasteiger charge is 2.33. The molecular weight excluding hydrogens is 567 g/mol. The van der Waals surface area contributed by atoms with Gasteiger partial charge in [-0.3, -0.25) is 9.36 Å². The molecule has 0 fully saturated rings. The number of esters is 1. The molecule has 0 saturated carbocycles. The molecule has 204 valence electrons. The Labute approximate surface area is 245 Å². The number of fused-ring (bicyclic) bond motifs is 1. The molecule has 4 aromatic rings. The molecule has 0 radical (unpaired) electrons. The molecule has 0 bridgehead atoms. The molecule has 1 unspecified atom stereocenters. The minimum absolute atomic E-state index is 0.233. The Morgan fingerprint density at radius 3 is 2.52 bits per heavy atom. The zero-order valence-corrected chi connectivity index (χ0v) is 24.4. The summed E-state index contributed by atoms with van der Waals surface area (Å²) in [6, 6.07) is 21.5. The highest BCUT2D eigenvalue weighted by molar-refractivity contribution is 7.07. The Kier molecular flexibility index (Phi) is 8.26. The van der Waals surface area contributed by atoms with Gasteiger partial charge in [0.1, 0.15) is 12.4 Å². The van der Waals surface area contributed by atoms with Crippen molar-refractivity contribution in [1.82, 2.24) is 4.57 Å². The average molecular weight is 594 g/mol. The van der Waals surface area contributed by atoms with Crippen LogP contribution in [0.3, 0.4) is 0 Å². The fourth-order valence-corrected chi connectivity index (χ4v) is 5.98. The first-order valence-corrected chi connectivity index (χ1v) is 14.2. The molecule has 9 heteroatoms. The molecule has 2 heterocycles. The Hall–Kier alpha value is -3.65. The van der Waals surface area contributed by atoms with Crippen LogP contribution in [-0.4, -0.2) is 16.6 Å². The standard InChI is InChI=1S/C31H26Cl2N2O4S/c1-18(2)39-30(37)27-19(3)34-31-35(28(27)20-9-5-4-6-10-20)29(36)26(40-31)15-21-11-7-8-12-25(21)38-17-22-13-14-23(32)16-24(22)33/h4-16,18,28H,17H2,1-3H3. The zero-order valence-electron chi connectivity index (χ0n) is 22.1. The molecule has 5 rings (SSSR count). The third-order valence-corrected chi connectivity index (χ3v) is 7.87. The molecule has 1 atom stereocenters. The van der Waals surface area contributed by atoms with Crippen molar-refractivity contribution in [3.05, 3.63) is 130 Å². The van der Waals surface area contributed by atoms with E-state index in [4.69, 9.17) is 32.7 Å². The van der Waals surface area contributed by atoms with Crippen LogP contribution in [0.25, 0.3) is 6.08 Å². The first-order chi connectivity index (χ1) is 19.2. The monoisotopic (exact) mass is 592 g/mol. The molecule has 1 aromatic heterocycles. The molecule has 0 amide bonds. The Morgan fingerprint density at radius 1 is 1.07 bits per heavy atom. The summed E-state index contributed by atoms with van der Waals surface area (Å²) in [7, 11) is 0. The molecular formula is C31H26Cl2N2O4S. The van der Waals surface area contributed by atoms with Gasteiger partial charge in [0.2, 0.25) is 0 Å². The second kappa shape index (κ2) is 11.8. The minimum atomic E-state index is -0.663. The van der Waals surface area contributed by atoms with Crippen LogP contribution >= 0.6 is 34.5 Å². The number of carbonyl (C=O) groups is 1. The maximum Gasteiger partial charge on any atom is 0.338 e. The normalized spacial score (nSPS) is 15.2. The molecule has 0 N–H and O–H groups in total. The molecule has 1 aliphatic heterocycles. The van der Waals surface area contributed by atoms with E-state index >= 15 is 0 Å². The van der Waals surface area contributed by atoms with Gasteiger partial charge in [-0.1, -0.05) is 89.1 Å². The summed E-state index contributed by atoms with van der Waals surface area (Å²) in [5.41, 5.74) is 2.93. The summed E-state index contributed by atoms with van der Waals surface area (Å²) < 4.78 is 13.7. The number of hydrogen-bond donors (Lipinski definition) is 0. The van der Waals surface area contributed by atoms with Gasteiger partial charge in [0.25, 0.3) is 5.56 Å². The van der Waals surface area contributed by atoms with Crippen molar-refractivity contribution >= 4 is 46.6 Å². The quantitative estimate of drug-likeness (QED) is 0.244. The van der Waals surface area contributed by atoms with E-state index in [0.717, 1.165) is 16.7 Å². The maximum atomic E-state index is 13.9. The number of para-hydroxylation sites is 1. The van der Waals surface area contributed by atoms with Gasteiger partial charge in [0.05, 0.1) is 27.9 Å². The summed E-state index contributed by atoms with van der Waals surface area (Å²) >= 11 is 13.6. The lowest BCUT2D eigenvalue weighted by atomic mass is 9.96. The first kappa shape index (κ1) is 27.9. The van der Waals surface area contributed by atoms with E-state index in [1.807, 2.05) is 60.7 Å². The lowest BCUT2D eigenvalue weighted by Crippen LogP contribution is -2.40. The number of allylic oxidation sites excluding steroid dienone is 1. The lowest BCUT2D eigenvalue weighted by Gasteiger charge is -2.25. The summed E-state index contributed by atoms with van der Waals surface area (Å²) in [5, 5.41) is 1.07. The number of nitrogens with zero attached hydrogens (tertiary/aromatic N) is 2. The van der Waals surface area contributed by atoms with Crippen molar-refractivity contribution in [1.29, 1.82) is 0 Å². The topological polar surface area (TPSA) is 69.9 Å². The van der Waals surface area contributed by atoms with Crippen LogP contribution in [0, 0.1) is 0 Å². The number of halogens is 2. The zero-order chi connectivity index (χ0) is 28.4. The van der Waals surface area contributed by atoms with Crippen molar-refractivity contribution in [2.24, 2.45) is 4.99 Å². The van der Waals surface area contributed by atoms with E-state index in [2.05, 4.69) is 4.99 Å². The van der Waals surface area contributed by atoms with Crippen LogP contribution in [0.4, 0.5) is 0 Å². The van der Waals surface area contributed by atoms with Crippen molar-refractivity contribution in [3.63, 3.8) is 0 Å². The van der Waals surface area contributed by atoms with Gasteiger partial charge in [-0.2, -0.15) is 0 Å². The Bertz CT molecular complexity index is 1790. The highest BCUT2D eigenvalue weighted by atomic mass is 35.5. The SMILES string of the molecule is CC1=C(C(=O)OC(C)C)C(c2ccccc2)n2c(sc(=Cc3ccccc3OCc3ccc(Cl)cc3Cl)c2=O)=N1. The molecule has 0 saturated heterocycles. The van der Waals surface area contributed by atoms with Crippen LogP contribution in [0.15, 0.2) is 93.9 Å². The van der Waals surface area contributed by atoms with E-state index in [-0.39, 0.29) is 18.3 Å². The van der Waals surface area contributed by atoms with Gasteiger partial charge in [-0.15, -0.1) is 0 Å². The predicted octanol–water partition coefficient (Wildman–Crippen LogP) is 6.07. The minimum Gasteiger partial charge on any atom is -0.488 e. The number of rotatable bonds is 7. The second-order valence-electron chi connectivity index (χ2n) is 9.51. The van der Waals surface area contributed by atoms with E-state index < -0.39 is 12.0 Å². The van der Waals surface area contributed by atoms with Crippen molar-refractivity contribution < 1.29 is 14.3 Å². The lowest BCUT2D eigenvalue weighted by molar-refractivity contribution is -0.143. The second-order valence-corrected chi connectivity index (χ2v) is 11.4. The summed E-state index contributed by atoms with van der Waals surface area (Å²) in [6.45, 7) is 5.59. The van der Waals surface area contributed by atoms with Gasteiger partial charge in [-0.05, 0) is 50.6 Å². The number of thiazole rings is 1. The Balaban J connectivity index is 1.58. The van der Waals surface area contributed by atoms with E-state index in [1.165, 1.54) is 11.3 Å². The fraction of sp³-hybridized carbons (Fsp3) is 0.194. The molecule has 0 spiro atoms. The van der Waals surface area contributed by atoms with Crippen molar-refractivity contribution in [3.8, 4) is 5.75 Å². The first-order valence-electron chi connectivity index (χ1n) is 12.7. The largest absolute Gasteiger partial charge is 0.488 e. The van der Waals surface area contributed by atoms with Gasteiger partial charge in [-0.25, -0.2) is 9.79 Å². The van der Waals surface area contributed by atoms with Gasteiger partial charge >= 0.3 is 5.97 Å². The molecule has 0 aliphatic carbocycles. The van der Waals surface area contributed by atoms with Crippen LogP contribution < -0.4 is 19.6 Å².